The topological polar surface area (TPSA) is 184 Å². The number of hydrogen-bond acceptors (Lipinski definition) is 7. The number of hydrogen-bond donors (Lipinski definition) is 5. The molecule has 3 rings (SSSR count). The maximum absolute atomic E-state index is 14.0. The van der Waals surface area contributed by atoms with Gasteiger partial charge in [0.2, 0.25) is 17.7 Å². The summed E-state index contributed by atoms with van der Waals surface area (Å²) in [6.45, 7) is 7.20. The van der Waals surface area contributed by atoms with Crippen molar-refractivity contribution in [2.45, 2.75) is 71.2 Å². The van der Waals surface area contributed by atoms with Crippen LogP contribution in [0.4, 0.5) is 4.39 Å². The van der Waals surface area contributed by atoms with Crippen LogP contribution in [0.2, 0.25) is 0 Å². The molecule has 264 valence electrons. The van der Waals surface area contributed by atoms with Crippen molar-refractivity contribution in [1.82, 2.24) is 16.0 Å². The Balaban J connectivity index is 1.85. The number of nitrogens with one attached hydrogen (secondary N) is 3. The van der Waals surface area contributed by atoms with Gasteiger partial charge in [0.05, 0.1) is 12.5 Å². The molecule has 0 spiro atoms. The Bertz CT molecular complexity index is 1730. The lowest BCUT2D eigenvalue weighted by atomic mass is 9.91. The summed E-state index contributed by atoms with van der Waals surface area (Å²) in [6.07, 6.45) is -0.386. The van der Waals surface area contributed by atoms with E-state index >= 15 is 0 Å². The number of rotatable bonds is 16. The average Bonchev–Trinajstić information content (AvgIpc) is 3.03. The van der Waals surface area contributed by atoms with Crippen molar-refractivity contribution in [1.29, 1.82) is 5.26 Å². The van der Waals surface area contributed by atoms with Gasteiger partial charge in [-0.15, -0.1) is 0 Å². The first-order valence-electron chi connectivity index (χ1n) is 16.1. The molecule has 0 fully saturated rings. The Morgan fingerprint density at radius 2 is 1.70 bits per heavy atom. The number of benzene rings is 3. The minimum Gasteiger partial charge on any atom is -0.491 e. The molecule has 0 bridgehead atoms. The number of nitrogens with two attached hydrogens (primary N) is 1. The molecule has 3 aromatic carbocycles. The largest absolute Gasteiger partial charge is 0.491 e. The lowest BCUT2D eigenvalue weighted by molar-refractivity contribution is -0.132. The third-order valence-corrected chi connectivity index (χ3v) is 7.40. The predicted octanol–water partition coefficient (Wildman–Crippen LogP) is 3.62. The van der Waals surface area contributed by atoms with E-state index in [2.05, 4.69) is 16.0 Å². The zero-order valence-electron chi connectivity index (χ0n) is 28.7. The van der Waals surface area contributed by atoms with Gasteiger partial charge in [0.15, 0.2) is 0 Å². The molecule has 0 aliphatic rings. The second-order valence-electron chi connectivity index (χ2n) is 13.1. The van der Waals surface area contributed by atoms with Crippen molar-refractivity contribution < 1.29 is 33.4 Å². The van der Waals surface area contributed by atoms with Gasteiger partial charge in [-0.05, 0) is 87.6 Å². The molecule has 0 radical (unpaired) electrons. The summed E-state index contributed by atoms with van der Waals surface area (Å²) in [5.74, 6) is -3.64. The third kappa shape index (κ3) is 13.5. The SMILES string of the molecule is Cc1ccc(CNC(=O)[C@H](COc2cccc(C=C(C#N)C(=O)NC(C)(C)C)c2)NC(=O)[C@@H](Cc2cccc(F)c2)CC(O)CC(N)=O)cc1. The van der Waals surface area contributed by atoms with Crippen molar-refractivity contribution in [2.24, 2.45) is 11.7 Å². The van der Waals surface area contributed by atoms with Crippen LogP contribution in [0, 0.1) is 30.0 Å². The van der Waals surface area contributed by atoms with Crippen LogP contribution < -0.4 is 26.4 Å². The van der Waals surface area contributed by atoms with E-state index < -0.39 is 53.0 Å². The van der Waals surface area contributed by atoms with Crippen molar-refractivity contribution >= 4 is 29.7 Å². The summed E-state index contributed by atoms with van der Waals surface area (Å²) in [7, 11) is 0. The van der Waals surface area contributed by atoms with Gasteiger partial charge in [0, 0.05) is 18.0 Å². The monoisotopic (exact) mass is 685 g/mol. The number of aryl methyl sites for hydroxylation is 1. The molecular weight excluding hydrogens is 641 g/mol. The van der Waals surface area contributed by atoms with Crippen molar-refractivity contribution in [3.05, 3.63) is 106 Å². The number of amides is 4. The second kappa shape index (κ2) is 18.3. The van der Waals surface area contributed by atoms with Crippen LogP contribution >= 0.6 is 0 Å². The normalized spacial score (nSPS) is 13.3. The summed E-state index contributed by atoms with van der Waals surface area (Å²) in [6, 6.07) is 20.4. The molecule has 1 unspecified atom stereocenters. The number of nitrogens with zero attached hydrogens (tertiary/aromatic N) is 1. The van der Waals surface area contributed by atoms with Gasteiger partial charge in [-0.1, -0.05) is 54.1 Å². The molecule has 0 aromatic heterocycles. The molecule has 3 atom stereocenters. The number of carbonyl (C=O) groups is 4. The molecule has 0 aliphatic heterocycles. The highest BCUT2D eigenvalue weighted by Gasteiger charge is 2.29. The van der Waals surface area contributed by atoms with E-state index in [0.29, 0.717) is 16.9 Å². The molecule has 0 saturated heterocycles. The Morgan fingerprint density at radius 1 is 1.00 bits per heavy atom. The summed E-state index contributed by atoms with van der Waals surface area (Å²) in [4.78, 5) is 51.3. The third-order valence-electron chi connectivity index (χ3n) is 7.40. The molecular formula is C38H44FN5O6. The number of aliphatic hydroxyl groups is 1. The van der Waals surface area contributed by atoms with Gasteiger partial charge < -0.3 is 31.5 Å². The van der Waals surface area contributed by atoms with Crippen LogP contribution in [0.5, 0.6) is 5.75 Å². The van der Waals surface area contributed by atoms with Gasteiger partial charge in [0.1, 0.15) is 35.9 Å². The van der Waals surface area contributed by atoms with E-state index in [1.54, 1.807) is 51.1 Å². The van der Waals surface area contributed by atoms with E-state index in [-0.39, 0.29) is 38.0 Å². The molecule has 50 heavy (non-hydrogen) atoms. The molecule has 12 heteroatoms. The number of aliphatic hydroxyl groups excluding tert-OH is 1. The maximum Gasteiger partial charge on any atom is 0.262 e. The minimum atomic E-state index is -1.25. The second-order valence-corrected chi connectivity index (χ2v) is 13.1. The maximum atomic E-state index is 14.0. The fraction of sp³-hybridized carbons (Fsp3) is 0.342. The quantitative estimate of drug-likeness (QED) is 0.113. The molecule has 0 saturated carbocycles. The molecule has 11 nitrogen and oxygen atoms in total. The van der Waals surface area contributed by atoms with Crippen LogP contribution in [-0.2, 0) is 32.1 Å². The highest BCUT2D eigenvalue weighted by Crippen LogP contribution is 2.20. The van der Waals surface area contributed by atoms with Crippen LogP contribution in [0.1, 0.15) is 55.9 Å². The number of primary amides is 1. The van der Waals surface area contributed by atoms with E-state index in [4.69, 9.17) is 10.5 Å². The summed E-state index contributed by atoms with van der Waals surface area (Å²) in [5.41, 5.74) is 7.44. The van der Waals surface area contributed by atoms with E-state index in [1.807, 2.05) is 37.3 Å². The highest BCUT2D eigenvalue weighted by atomic mass is 19.1. The lowest BCUT2D eigenvalue weighted by Crippen LogP contribution is -2.51. The molecule has 4 amide bonds. The van der Waals surface area contributed by atoms with Crippen LogP contribution in [0.15, 0.2) is 78.4 Å². The standard InChI is InChI=1S/C38H44FN5O6/c1-24-11-13-25(14-12-24)22-42-37(49)33(23-50-32-10-6-8-27(18-32)16-29(21-40)36(48)44-38(2,3)4)43-35(47)28(19-31(45)20-34(41)46)15-26-7-5-9-30(39)17-26/h5-14,16-18,28,31,33,45H,15,19-20,22-23H2,1-4H3,(H2,41,46)(H,42,49)(H,43,47)(H,44,48)/t28-,31?,33-/m0/s1. The van der Waals surface area contributed by atoms with Crippen LogP contribution in [0.3, 0.4) is 0 Å². The van der Waals surface area contributed by atoms with Crippen molar-refractivity contribution in [2.75, 3.05) is 6.61 Å². The van der Waals surface area contributed by atoms with Gasteiger partial charge in [0.25, 0.3) is 5.91 Å². The van der Waals surface area contributed by atoms with Crippen molar-refractivity contribution in [3.8, 4) is 11.8 Å². The Morgan fingerprint density at radius 3 is 2.34 bits per heavy atom. The highest BCUT2D eigenvalue weighted by molar-refractivity contribution is 6.02. The van der Waals surface area contributed by atoms with Gasteiger partial charge in [-0.25, -0.2) is 4.39 Å². The van der Waals surface area contributed by atoms with Crippen LogP contribution in [0.25, 0.3) is 6.08 Å². The molecule has 0 heterocycles. The zero-order valence-corrected chi connectivity index (χ0v) is 28.7. The first kappa shape index (κ1) is 38.9. The fourth-order valence-electron chi connectivity index (χ4n) is 4.96. The Hall–Kier alpha value is -5.54. The summed E-state index contributed by atoms with van der Waals surface area (Å²) in [5, 5.41) is 28.3. The average molecular weight is 686 g/mol. The number of halogens is 1. The molecule has 6 N–H and O–H groups in total. The first-order valence-corrected chi connectivity index (χ1v) is 16.1. The number of ether oxygens (including phenoxy) is 1. The smallest absolute Gasteiger partial charge is 0.262 e. The van der Waals surface area contributed by atoms with Gasteiger partial charge in [-0.2, -0.15) is 5.26 Å². The van der Waals surface area contributed by atoms with Gasteiger partial charge in [-0.3, -0.25) is 19.2 Å². The van der Waals surface area contributed by atoms with Crippen LogP contribution in [-0.4, -0.2) is 53.0 Å². The minimum absolute atomic E-state index is 0.0103. The van der Waals surface area contributed by atoms with E-state index in [9.17, 15) is 33.9 Å². The number of nitriles is 1. The zero-order chi connectivity index (χ0) is 36.8. The summed E-state index contributed by atoms with van der Waals surface area (Å²) >= 11 is 0. The van der Waals surface area contributed by atoms with Gasteiger partial charge >= 0.3 is 0 Å². The molecule has 0 aliphatic carbocycles. The Labute approximate surface area is 291 Å². The van der Waals surface area contributed by atoms with E-state index in [0.717, 1.165) is 11.1 Å². The Kier molecular flexibility index (Phi) is 14.2. The summed E-state index contributed by atoms with van der Waals surface area (Å²) < 4.78 is 19.9. The predicted molar refractivity (Wildman–Crippen MR) is 186 cm³/mol. The lowest BCUT2D eigenvalue weighted by Gasteiger charge is -2.24. The van der Waals surface area contributed by atoms with Crippen molar-refractivity contribution in [3.63, 3.8) is 0 Å². The fourth-order valence-corrected chi connectivity index (χ4v) is 4.96. The molecule has 3 aromatic rings. The first-order chi connectivity index (χ1) is 23.6. The van der Waals surface area contributed by atoms with E-state index in [1.165, 1.54) is 24.3 Å². The number of carbonyl (C=O) groups excluding carboxylic acids is 4.